The van der Waals surface area contributed by atoms with Gasteiger partial charge in [0.05, 0.1) is 10.6 Å². The highest BCUT2D eigenvalue weighted by Gasteiger charge is 2.19. The predicted molar refractivity (Wildman–Crippen MR) is 79.0 cm³/mol. The zero-order valence-corrected chi connectivity index (χ0v) is 13.0. The molecule has 2 rings (SSSR count). The molecule has 4 nitrogen and oxygen atoms in total. The zero-order chi connectivity index (χ0) is 15.6. The zero-order valence-electron chi connectivity index (χ0n) is 11.4. The Hall–Kier alpha value is -1.51. The summed E-state index contributed by atoms with van der Waals surface area (Å²) in [5.41, 5.74) is -0.290. The van der Waals surface area contributed by atoms with Crippen molar-refractivity contribution in [3.8, 4) is 0 Å². The van der Waals surface area contributed by atoms with Crippen molar-refractivity contribution in [1.29, 1.82) is 0 Å². The molecule has 0 aliphatic heterocycles. The summed E-state index contributed by atoms with van der Waals surface area (Å²) in [6.07, 6.45) is 0. The first-order chi connectivity index (χ1) is 9.83. The van der Waals surface area contributed by atoms with Gasteiger partial charge in [-0.05, 0) is 31.7 Å². The van der Waals surface area contributed by atoms with Gasteiger partial charge >= 0.3 is 0 Å². The van der Waals surface area contributed by atoms with Crippen molar-refractivity contribution in [1.82, 2.24) is 5.32 Å². The van der Waals surface area contributed by atoms with Gasteiger partial charge in [-0.2, -0.15) is 0 Å². The third kappa shape index (κ3) is 3.58. The van der Waals surface area contributed by atoms with Crippen LogP contribution >= 0.6 is 11.3 Å². The summed E-state index contributed by atoms with van der Waals surface area (Å²) < 4.78 is 53.5. The van der Waals surface area contributed by atoms with Crippen molar-refractivity contribution < 1.29 is 17.2 Å². The normalized spacial score (nSPS) is 11.6. The number of benzene rings is 1. The number of aryl methyl sites for hydroxylation is 1. The van der Waals surface area contributed by atoms with Crippen LogP contribution in [0.2, 0.25) is 0 Å². The number of halogens is 2. The van der Waals surface area contributed by atoms with Gasteiger partial charge < -0.3 is 5.32 Å². The lowest BCUT2D eigenvalue weighted by Gasteiger charge is -2.08. The van der Waals surface area contributed by atoms with Crippen LogP contribution < -0.4 is 10.0 Å². The molecule has 0 saturated heterocycles. The smallest absolute Gasteiger partial charge is 0.262 e. The van der Waals surface area contributed by atoms with Gasteiger partial charge in [0.1, 0.15) is 11.6 Å². The summed E-state index contributed by atoms with van der Waals surface area (Å²) >= 11 is 1.27. The van der Waals surface area contributed by atoms with Crippen LogP contribution in [-0.4, -0.2) is 15.5 Å². The van der Waals surface area contributed by atoms with Gasteiger partial charge in [0.25, 0.3) is 10.0 Å². The number of anilines is 1. The van der Waals surface area contributed by atoms with Gasteiger partial charge in [-0.25, -0.2) is 17.2 Å². The minimum Gasteiger partial charge on any atom is -0.315 e. The van der Waals surface area contributed by atoms with Gasteiger partial charge in [0, 0.05) is 22.9 Å². The Labute approximate surface area is 125 Å². The summed E-state index contributed by atoms with van der Waals surface area (Å²) in [5, 5.41) is 4.36. The molecular formula is C13H14F2N2O2S2. The lowest BCUT2D eigenvalue weighted by atomic mass is 10.2. The van der Waals surface area contributed by atoms with Crippen molar-refractivity contribution in [2.45, 2.75) is 18.4 Å². The number of thiophene rings is 1. The maximum Gasteiger partial charge on any atom is 0.262 e. The van der Waals surface area contributed by atoms with E-state index in [9.17, 15) is 17.2 Å². The van der Waals surface area contributed by atoms with E-state index in [1.807, 2.05) is 0 Å². The van der Waals surface area contributed by atoms with E-state index in [4.69, 9.17) is 0 Å². The van der Waals surface area contributed by atoms with E-state index in [0.717, 1.165) is 17.0 Å². The number of hydrogen-bond acceptors (Lipinski definition) is 4. The van der Waals surface area contributed by atoms with E-state index >= 15 is 0 Å². The van der Waals surface area contributed by atoms with Crippen molar-refractivity contribution >= 4 is 27.0 Å². The minimum atomic E-state index is -3.94. The Bertz CT molecular complexity index is 758. The second kappa shape index (κ2) is 6.08. The lowest BCUT2D eigenvalue weighted by Crippen LogP contribution is -2.14. The Balaban J connectivity index is 2.30. The van der Waals surface area contributed by atoms with Crippen LogP contribution in [-0.2, 0) is 16.6 Å². The average molecular weight is 332 g/mol. The van der Waals surface area contributed by atoms with Crippen molar-refractivity contribution in [2.24, 2.45) is 0 Å². The summed E-state index contributed by atoms with van der Waals surface area (Å²) in [6, 6.07) is 3.28. The van der Waals surface area contributed by atoms with Crippen LogP contribution in [0.25, 0.3) is 0 Å². The second-order valence-corrected chi connectivity index (χ2v) is 7.14. The molecule has 21 heavy (non-hydrogen) atoms. The molecule has 8 heteroatoms. The molecule has 2 aromatic rings. The highest BCUT2D eigenvalue weighted by atomic mass is 32.2. The quantitative estimate of drug-likeness (QED) is 0.885. The molecule has 0 aliphatic rings. The van der Waals surface area contributed by atoms with Crippen LogP contribution in [0.4, 0.5) is 14.5 Å². The van der Waals surface area contributed by atoms with Gasteiger partial charge in [-0.15, -0.1) is 11.3 Å². The van der Waals surface area contributed by atoms with Crippen LogP contribution in [0.5, 0.6) is 0 Å². The topological polar surface area (TPSA) is 58.2 Å². The molecule has 1 aromatic heterocycles. The average Bonchev–Trinajstić information content (AvgIpc) is 2.86. The van der Waals surface area contributed by atoms with Gasteiger partial charge in [0.2, 0.25) is 0 Å². The summed E-state index contributed by atoms with van der Waals surface area (Å²) in [4.78, 5) is 0.853. The largest absolute Gasteiger partial charge is 0.315 e. The summed E-state index contributed by atoms with van der Waals surface area (Å²) in [5.74, 6) is -1.49. The Morgan fingerprint density at radius 2 is 1.90 bits per heavy atom. The lowest BCUT2D eigenvalue weighted by molar-refractivity contribution is 0.590. The molecule has 0 unspecified atom stereocenters. The van der Waals surface area contributed by atoms with E-state index in [1.165, 1.54) is 29.7 Å². The number of sulfonamides is 1. The Morgan fingerprint density at radius 3 is 2.57 bits per heavy atom. The van der Waals surface area contributed by atoms with E-state index in [1.54, 1.807) is 7.05 Å². The molecule has 1 aromatic carbocycles. The molecule has 0 radical (unpaired) electrons. The molecule has 0 saturated carbocycles. The van der Waals surface area contributed by atoms with E-state index < -0.39 is 27.3 Å². The standard InChI is InChI=1S/C13H14F2N2O2S2/c1-8-3-12(15)13(5-11(8)14)17-21(18,19)10-4-9(6-16-2)20-7-10/h3-5,7,16-17H,6H2,1-2H3. The van der Waals surface area contributed by atoms with Crippen LogP contribution in [0, 0.1) is 18.6 Å². The highest BCUT2D eigenvalue weighted by molar-refractivity contribution is 7.92. The summed E-state index contributed by atoms with van der Waals surface area (Å²) in [7, 11) is -2.19. The van der Waals surface area contributed by atoms with Crippen LogP contribution in [0.3, 0.4) is 0 Å². The van der Waals surface area contributed by atoms with Crippen LogP contribution in [0.15, 0.2) is 28.5 Å². The van der Waals surface area contributed by atoms with E-state index in [2.05, 4.69) is 10.0 Å². The molecule has 0 amide bonds. The fraction of sp³-hybridized carbons (Fsp3) is 0.231. The Morgan fingerprint density at radius 1 is 1.19 bits per heavy atom. The minimum absolute atomic E-state index is 0.0260. The fourth-order valence-electron chi connectivity index (χ4n) is 1.70. The molecular weight excluding hydrogens is 318 g/mol. The van der Waals surface area contributed by atoms with Crippen molar-refractivity contribution in [2.75, 3.05) is 11.8 Å². The molecule has 2 N–H and O–H groups in total. The molecule has 0 atom stereocenters. The molecule has 0 fully saturated rings. The van der Waals surface area contributed by atoms with Crippen LogP contribution in [0.1, 0.15) is 10.4 Å². The molecule has 0 aliphatic carbocycles. The maximum atomic E-state index is 13.7. The number of hydrogen-bond donors (Lipinski definition) is 2. The van der Waals surface area contributed by atoms with E-state index in [0.29, 0.717) is 6.54 Å². The first-order valence-electron chi connectivity index (χ1n) is 6.04. The molecule has 0 spiro atoms. The fourth-order valence-corrected chi connectivity index (χ4v) is 4.04. The van der Waals surface area contributed by atoms with Crippen molar-refractivity contribution in [3.05, 3.63) is 45.7 Å². The first kappa shape index (κ1) is 15.9. The van der Waals surface area contributed by atoms with E-state index in [-0.39, 0.29) is 10.5 Å². The third-order valence-corrected chi connectivity index (χ3v) is 5.21. The SMILES string of the molecule is CNCc1cc(S(=O)(=O)Nc2cc(F)c(C)cc2F)cs1. The predicted octanol–water partition coefficient (Wildman–Crippen LogP) is 2.85. The third-order valence-electron chi connectivity index (χ3n) is 2.78. The molecule has 114 valence electrons. The number of nitrogens with one attached hydrogen (secondary N) is 2. The van der Waals surface area contributed by atoms with Gasteiger partial charge in [0.15, 0.2) is 0 Å². The van der Waals surface area contributed by atoms with Gasteiger partial charge in [-0.3, -0.25) is 4.72 Å². The monoisotopic (exact) mass is 332 g/mol. The highest BCUT2D eigenvalue weighted by Crippen LogP contribution is 2.25. The van der Waals surface area contributed by atoms with Gasteiger partial charge in [-0.1, -0.05) is 0 Å². The Kier molecular flexibility index (Phi) is 4.60. The molecule has 1 heterocycles. The molecule has 0 bridgehead atoms. The van der Waals surface area contributed by atoms with Crippen molar-refractivity contribution in [3.63, 3.8) is 0 Å². The first-order valence-corrected chi connectivity index (χ1v) is 8.40. The maximum absolute atomic E-state index is 13.7. The summed E-state index contributed by atoms with van der Waals surface area (Å²) in [6.45, 7) is 1.94. The number of rotatable bonds is 5. The second-order valence-electron chi connectivity index (χ2n) is 4.47.